The van der Waals surface area contributed by atoms with Gasteiger partial charge in [-0.3, -0.25) is 14.5 Å². The summed E-state index contributed by atoms with van der Waals surface area (Å²) in [5, 5.41) is 9.88. The minimum atomic E-state index is 0.0725. The van der Waals surface area contributed by atoms with Crippen LogP contribution in [-0.2, 0) is 6.54 Å². The van der Waals surface area contributed by atoms with Gasteiger partial charge >= 0.3 is 0 Å². The van der Waals surface area contributed by atoms with Crippen molar-refractivity contribution in [2.75, 3.05) is 23.8 Å². The number of anilines is 2. The van der Waals surface area contributed by atoms with E-state index in [1.807, 2.05) is 24.2 Å². The van der Waals surface area contributed by atoms with Gasteiger partial charge in [0, 0.05) is 44.5 Å². The fourth-order valence-electron chi connectivity index (χ4n) is 2.63. The lowest BCUT2D eigenvalue weighted by molar-refractivity contribution is 0.0912. The molecule has 0 radical (unpaired) electrons. The summed E-state index contributed by atoms with van der Waals surface area (Å²) in [7, 11) is 1.94. The Morgan fingerprint density at radius 1 is 1.41 bits per heavy atom. The smallest absolute Gasteiger partial charge is 0.233 e. The second kappa shape index (κ2) is 4.83. The van der Waals surface area contributed by atoms with Crippen molar-refractivity contribution < 1.29 is 4.79 Å². The normalized spacial score (nSPS) is 14.4. The van der Waals surface area contributed by atoms with Crippen molar-refractivity contribution in [2.24, 2.45) is 0 Å². The summed E-state index contributed by atoms with van der Waals surface area (Å²) in [6.07, 6.45) is 5.81. The molecule has 0 aliphatic carbocycles. The van der Waals surface area contributed by atoms with Gasteiger partial charge in [0.05, 0.1) is 11.7 Å². The molecule has 8 nitrogen and oxygen atoms in total. The lowest BCUT2D eigenvalue weighted by atomic mass is 10.3. The van der Waals surface area contributed by atoms with Crippen LogP contribution in [0.15, 0.2) is 24.7 Å². The number of aromatic nitrogens is 5. The summed E-state index contributed by atoms with van der Waals surface area (Å²) in [6, 6.07) is 1.85. The van der Waals surface area contributed by atoms with Crippen molar-refractivity contribution >= 4 is 28.7 Å². The maximum absolute atomic E-state index is 12.1. The van der Waals surface area contributed by atoms with E-state index in [9.17, 15) is 4.79 Å². The third kappa shape index (κ3) is 2.00. The Morgan fingerprint density at radius 3 is 3.14 bits per heavy atom. The van der Waals surface area contributed by atoms with E-state index >= 15 is 0 Å². The van der Waals surface area contributed by atoms with Crippen LogP contribution in [0.2, 0.25) is 0 Å². The number of carbonyl (C=O) groups is 1. The van der Waals surface area contributed by atoms with E-state index in [1.165, 1.54) is 0 Å². The van der Waals surface area contributed by atoms with Crippen molar-refractivity contribution in [3.05, 3.63) is 30.2 Å². The first-order valence-electron chi connectivity index (χ1n) is 7.07. The summed E-state index contributed by atoms with van der Waals surface area (Å²) in [5.74, 6) is 1.39. The van der Waals surface area contributed by atoms with Gasteiger partial charge in [0.1, 0.15) is 5.52 Å². The quantitative estimate of drug-likeness (QED) is 0.756. The molecule has 3 aromatic heterocycles. The molecule has 22 heavy (non-hydrogen) atoms. The lowest BCUT2D eigenvalue weighted by Gasteiger charge is -2.16. The molecule has 112 valence electrons. The Hall–Kier alpha value is -2.90. The maximum Gasteiger partial charge on any atom is 0.233 e. The Kier molecular flexibility index (Phi) is 2.81. The summed E-state index contributed by atoms with van der Waals surface area (Å²) < 4.78 is 1.65. The van der Waals surface area contributed by atoms with E-state index < -0.39 is 0 Å². The SMILES string of the molecule is CN1CCC(=O)n2ccc3nc(NCc4cn[nH]c4)nc1c32. The van der Waals surface area contributed by atoms with Crippen LogP contribution in [-0.4, -0.2) is 44.2 Å². The molecule has 0 atom stereocenters. The zero-order chi connectivity index (χ0) is 15.1. The second-order valence-electron chi connectivity index (χ2n) is 5.32. The number of carbonyl (C=O) groups excluding carboxylic acids is 1. The Bertz CT molecular complexity index is 836. The molecule has 3 aromatic rings. The molecule has 0 bridgehead atoms. The van der Waals surface area contributed by atoms with Gasteiger partial charge < -0.3 is 10.2 Å². The zero-order valence-corrected chi connectivity index (χ0v) is 12.1. The molecule has 1 aliphatic heterocycles. The number of nitrogens with one attached hydrogen (secondary N) is 2. The highest BCUT2D eigenvalue weighted by atomic mass is 16.2. The first-order chi connectivity index (χ1) is 10.7. The van der Waals surface area contributed by atoms with Crippen molar-refractivity contribution in [3.8, 4) is 0 Å². The highest BCUT2D eigenvalue weighted by molar-refractivity contribution is 5.98. The van der Waals surface area contributed by atoms with Crippen LogP contribution in [0.4, 0.5) is 11.8 Å². The number of H-pyrrole nitrogens is 1. The van der Waals surface area contributed by atoms with Crippen molar-refractivity contribution in [3.63, 3.8) is 0 Å². The molecule has 0 unspecified atom stereocenters. The lowest BCUT2D eigenvalue weighted by Crippen LogP contribution is -2.20. The molecular weight excluding hydrogens is 282 g/mol. The molecule has 8 heteroatoms. The van der Waals surface area contributed by atoms with E-state index in [-0.39, 0.29) is 5.91 Å². The Labute approximate surface area is 126 Å². The van der Waals surface area contributed by atoms with Crippen LogP contribution in [0.5, 0.6) is 0 Å². The van der Waals surface area contributed by atoms with Crippen LogP contribution >= 0.6 is 0 Å². The minimum Gasteiger partial charge on any atom is -0.357 e. The van der Waals surface area contributed by atoms with E-state index in [4.69, 9.17) is 0 Å². The van der Waals surface area contributed by atoms with E-state index in [1.54, 1.807) is 17.0 Å². The van der Waals surface area contributed by atoms with Crippen LogP contribution in [0.3, 0.4) is 0 Å². The summed E-state index contributed by atoms with van der Waals surface area (Å²) >= 11 is 0. The number of hydrogen-bond acceptors (Lipinski definition) is 6. The molecule has 4 rings (SSSR count). The van der Waals surface area contributed by atoms with Gasteiger partial charge in [0.25, 0.3) is 0 Å². The predicted molar refractivity (Wildman–Crippen MR) is 82.0 cm³/mol. The van der Waals surface area contributed by atoms with E-state index in [2.05, 4.69) is 25.5 Å². The summed E-state index contributed by atoms with van der Waals surface area (Å²) in [4.78, 5) is 23.2. The molecule has 0 aromatic carbocycles. The predicted octanol–water partition coefficient (Wildman–Crippen LogP) is 1.25. The van der Waals surface area contributed by atoms with Gasteiger partial charge in [-0.05, 0) is 6.07 Å². The second-order valence-corrected chi connectivity index (χ2v) is 5.32. The van der Waals surface area contributed by atoms with Gasteiger partial charge in [0.15, 0.2) is 5.82 Å². The molecule has 4 heterocycles. The van der Waals surface area contributed by atoms with E-state index in [0.717, 1.165) is 22.4 Å². The molecular formula is C14H15N7O. The van der Waals surface area contributed by atoms with Crippen molar-refractivity contribution in [1.82, 2.24) is 24.7 Å². The Balaban J connectivity index is 1.75. The minimum absolute atomic E-state index is 0.0725. The van der Waals surface area contributed by atoms with E-state index in [0.29, 0.717) is 25.5 Å². The number of rotatable bonds is 3. The fraction of sp³-hybridized carbons (Fsp3) is 0.286. The largest absolute Gasteiger partial charge is 0.357 e. The molecule has 0 fully saturated rings. The van der Waals surface area contributed by atoms with Crippen LogP contribution < -0.4 is 10.2 Å². The molecule has 0 amide bonds. The Morgan fingerprint density at radius 2 is 2.32 bits per heavy atom. The molecule has 1 aliphatic rings. The average Bonchev–Trinajstić information content (AvgIpc) is 3.16. The standard InChI is InChI=1S/C14H15N7O/c1-20-4-3-11(22)21-5-2-10-12(21)13(20)19-14(18-10)15-6-9-7-16-17-8-9/h2,5,7-8H,3-4,6H2,1H3,(H,16,17)(H,15,18,19). The number of hydrogen-bond donors (Lipinski definition) is 2. The van der Waals surface area contributed by atoms with Crippen molar-refractivity contribution in [1.29, 1.82) is 0 Å². The molecule has 2 N–H and O–H groups in total. The third-order valence-corrected chi connectivity index (χ3v) is 3.81. The van der Waals surface area contributed by atoms with Crippen LogP contribution in [0, 0.1) is 0 Å². The van der Waals surface area contributed by atoms with Crippen LogP contribution in [0.1, 0.15) is 16.8 Å². The molecule has 0 saturated carbocycles. The van der Waals surface area contributed by atoms with Gasteiger partial charge in [-0.15, -0.1) is 0 Å². The number of aromatic amines is 1. The van der Waals surface area contributed by atoms with Gasteiger partial charge in [0.2, 0.25) is 11.9 Å². The van der Waals surface area contributed by atoms with Crippen LogP contribution in [0.25, 0.3) is 11.0 Å². The average molecular weight is 297 g/mol. The number of nitrogens with zero attached hydrogens (tertiary/aromatic N) is 5. The zero-order valence-electron chi connectivity index (χ0n) is 12.1. The monoisotopic (exact) mass is 297 g/mol. The highest BCUT2D eigenvalue weighted by Gasteiger charge is 2.22. The van der Waals surface area contributed by atoms with Gasteiger partial charge in [-0.25, -0.2) is 4.98 Å². The molecule has 0 spiro atoms. The summed E-state index contributed by atoms with van der Waals surface area (Å²) in [5.41, 5.74) is 2.57. The third-order valence-electron chi connectivity index (χ3n) is 3.81. The first-order valence-corrected chi connectivity index (χ1v) is 7.07. The molecule has 0 saturated heterocycles. The maximum atomic E-state index is 12.1. The van der Waals surface area contributed by atoms with Gasteiger partial charge in [-0.2, -0.15) is 10.1 Å². The van der Waals surface area contributed by atoms with Crippen molar-refractivity contribution in [2.45, 2.75) is 13.0 Å². The van der Waals surface area contributed by atoms with Gasteiger partial charge in [-0.1, -0.05) is 0 Å². The topological polar surface area (TPSA) is 91.7 Å². The highest BCUT2D eigenvalue weighted by Crippen LogP contribution is 2.28. The fourth-order valence-corrected chi connectivity index (χ4v) is 2.63. The first kappa shape index (κ1) is 12.8. The summed E-state index contributed by atoms with van der Waals surface area (Å²) in [6.45, 7) is 1.23.